The molecular formula is C17H17F4N5O3. The van der Waals surface area contributed by atoms with E-state index in [2.05, 4.69) is 15.6 Å². The van der Waals surface area contributed by atoms with E-state index in [9.17, 15) is 27.2 Å². The van der Waals surface area contributed by atoms with Crippen LogP contribution in [-0.2, 0) is 15.7 Å². The van der Waals surface area contributed by atoms with Crippen LogP contribution >= 0.6 is 0 Å². The summed E-state index contributed by atoms with van der Waals surface area (Å²) in [4.78, 5) is 26.2. The molecule has 2 amide bonds. The lowest BCUT2D eigenvalue weighted by molar-refractivity contribution is -0.143. The number of carbonyl (C=O) groups is 2. The predicted octanol–water partition coefficient (Wildman–Crippen LogP) is 1.40. The molecule has 0 bridgehead atoms. The van der Waals surface area contributed by atoms with Gasteiger partial charge in [0.25, 0.3) is 5.91 Å². The number of rotatable bonds is 4. The lowest BCUT2D eigenvalue weighted by atomic mass is 10.2. The van der Waals surface area contributed by atoms with Crippen molar-refractivity contribution in [1.82, 2.24) is 25.2 Å². The fraction of sp³-hybridized carbons (Fsp3) is 0.412. The van der Waals surface area contributed by atoms with E-state index in [1.807, 2.05) is 0 Å². The van der Waals surface area contributed by atoms with Crippen molar-refractivity contribution in [2.24, 2.45) is 0 Å². The average Bonchev–Trinajstić information content (AvgIpc) is 3.14. The summed E-state index contributed by atoms with van der Waals surface area (Å²) >= 11 is 0. The van der Waals surface area contributed by atoms with Gasteiger partial charge in [0.05, 0.1) is 18.9 Å². The highest BCUT2D eigenvalue weighted by atomic mass is 19.4. The summed E-state index contributed by atoms with van der Waals surface area (Å²) in [5, 5.41) is 8.98. The van der Waals surface area contributed by atoms with Crippen molar-refractivity contribution in [3.05, 3.63) is 41.5 Å². The molecule has 1 atom stereocenters. The van der Waals surface area contributed by atoms with Gasteiger partial charge in [0.15, 0.2) is 11.4 Å². The molecule has 29 heavy (non-hydrogen) atoms. The molecule has 1 N–H and O–H groups in total. The highest BCUT2D eigenvalue weighted by Gasteiger charge is 2.42. The lowest BCUT2D eigenvalue weighted by Gasteiger charge is -2.29. The Kier molecular flexibility index (Phi) is 5.82. The van der Waals surface area contributed by atoms with E-state index in [0.29, 0.717) is 31.0 Å². The van der Waals surface area contributed by atoms with E-state index in [0.717, 1.165) is 24.3 Å². The summed E-state index contributed by atoms with van der Waals surface area (Å²) in [6, 6.07) is 2.99. The molecule has 1 unspecified atom stereocenters. The number of morpholine rings is 1. The van der Waals surface area contributed by atoms with Gasteiger partial charge in [-0.15, -0.1) is 5.10 Å². The third-order valence-electron chi connectivity index (χ3n) is 4.27. The SMILES string of the molecule is CC(NC(=O)c1nnn(-c2ccc(F)cc2)c1C(F)(F)F)C(=O)N1CCOCC1. The molecule has 0 saturated carbocycles. The lowest BCUT2D eigenvalue weighted by Crippen LogP contribution is -2.50. The molecule has 3 rings (SSSR count). The number of benzene rings is 1. The minimum absolute atomic E-state index is 0.122. The zero-order valence-corrected chi connectivity index (χ0v) is 15.2. The van der Waals surface area contributed by atoms with Gasteiger partial charge in [-0.25, -0.2) is 9.07 Å². The zero-order chi connectivity index (χ0) is 21.2. The highest BCUT2D eigenvalue weighted by Crippen LogP contribution is 2.32. The Bertz CT molecular complexity index is 891. The van der Waals surface area contributed by atoms with Gasteiger partial charge in [-0.2, -0.15) is 13.2 Å². The van der Waals surface area contributed by atoms with Crippen LogP contribution in [-0.4, -0.2) is 64.1 Å². The van der Waals surface area contributed by atoms with E-state index in [-0.39, 0.29) is 5.69 Å². The van der Waals surface area contributed by atoms with Crippen molar-refractivity contribution in [3.8, 4) is 5.69 Å². The Hall–Kier alpha value is -3.02. The van der Waals surface area contributed by atoms with Gasteiger partial charge in [-0.05, 0) is 31.2 Å². The van der Waals surface area contributed by atoms with E-state index in [1.165, 1.54) is 11.8 Å². The smallest absolute Gasteiger partial charge is 0.378 e. The molecule has 0 radical (unpaired) electrons. The van der Waals surface area contributed by atoms with Crippen LogP contribution in [0.4, 0.5) is 17.6 Å². The van der Waals surface area contributed by atoms with Crippen molar-refractivity contribution >= 4 is 11.8 Å². The molecule has 1 aliphatic heterocycles. The topological polar surface area (TPSA) is 89.3 Å². The normalized spacial score (nSPS) is 15.8. The number of nitrogens with one attached hydrogen (secondary N) is 1. The third-order valence-corrected chi connectivity index (χ3v) is 4.27. The summed E-state index contributed by atoms with van der Waals surface area (Å²) in [6.45, 7) is 2.71. The van der Waals surface area contributed by atoms with Gasteiger partial charge in [0.2, 0.25) is 5.91 Å². The summed E-state index contributed by atoms with van der Waals surface area (Å²) < 4.78 is 59.4. The summed E-state index contributed by atoms with van der Waals surface area (Å²) in [5.41, 5.74) is -2.53. The number of hydrogen-bond acceptors (Lipinski definition) is 5. The number of alkyl halides is 3. The number of hydrogen-bond donors (Lipinski definition) is 1. The number of carbonyl (C=O) groups excluding carboxylic acids is 2. The maximum atomic E-state index is 13.6. The van der Waals surface area contributed by atoms with Gasteiger partial charge in [0, 0.05) is 13.1 Å². The molecular weight excluding hydrogens is 398 g/mol. The van der Waals surface area contributed by atoms with Crippen molar-refractivity contribution in [2.45, 2.75) is 19.1 Å². The van der Waals surface area contributed by atoms with Crippen LogP contribution in [0.1, 0.15) is 23.1 Å². The molecule has 1 fully saturated rings. The summed E-state index contributed by atoms with van der Waals surface area (Å²) in [6.07, 6.45) is -4.97. The minimum Gasteiger partial charge on any atom is -0.378 e. The maximum Gasteiger partial charge on any atom is 0.435 e. The largest absolute Gasteiger partial charge is 0.435 e. The number of nitrogens with zero attached hydrogens (tertiary/aromatic N) is 4. The minimum atomic E-state index is -4.97. The highest BCUT2D eigenvalue weighted by molar-refractivity contribution is 5.97. The van der Waals surface area contributed by atoms with Crippen molar-refractivity contribution in [2.75, 3.05) is 26.3 Å². The second-order valence-electron chi connectivity index (χ2n) is 6.31. The fourth-order valence-corrected chi connectivity index (χ4v) is 2.84. The van der Waals surface area contributed by atoms with Gasteiger partial charge >= 0.3 is 6.18 Å². The first-order chi connectivity index (χ1) is 13.7. The Labute approximate surface area is 162 Å². The Morgan fingerprint density at radius 3 is 2.38 bits per heavy atom. The van der Waals surface area contributed by atoms with E-state index < -0.39 is 41.2 Å². The summed E-state index contributed by atoms with van der Waals surface area (Å²) in [7, 11) is 0. The molecule has 0 spiro atoms. The van der Waals surface area contributed by atoms with Gasteiger partial charge < -0.3 is 15.0 Å². The van der Waals surface area contributed by atoms with E-state index >= 15 is 0 Å². The van der Waals surface area contributed by atoms with E-state index in [4.69, 9.17) is 4.74 Å². The third kappa shape index (κ3) is 4.53. The second kappa shape index (κ2) is 8.15. The van der Waals surface area contributed by atoms with E-state index in [1.54, 1.807) is 0 Å². The molecule has 1 saturated heterocycles. The van der Waals surface area contributed by atoms with Crippen molar-refractivity contribution in [3.63, 3.8) is 0 Å². The van der Waals surface area contributed by atoms with Crippen molar-refractivity contribution in [1.29, 1.82) is 0 Å². The van der Waals surface area contributed by atoms with Crippen LogP contribution in [0.25, 0.3) is 5.69 Å². The molecule has 2 aromatic rings. The van der Waals surface area contributed by atoms with Crippen LogP contribution in [0.15, 0.2) is 24.3 Å². The van der Waals surface area contributed by atoms with Crippen LogP contribution in [0.2, 0.25) is 0 Å². The summed E-state index contributed by atoms with van der Waals surface area (Å²) in [5.74, 6) is -2.28. The monoisotopic (exact) mass is 415 g/mol. The zero-order valence-electron chi connectivity index (χ0n) is 15.2. The average molecular weight is 415 g/mol. The molecule has 1 aromatic heterocycles. The van der Waals surface area contributed by atoms with Crippen LogP contribution in [0, 0.1) is 5.82 Å². The molecule has 1 aromatic carbocycles. The van der Waals surface area contributed by atoms with Crippen LogP contribution in [0.3, 0.4) is 0 Å². The first-order valence-electron chi connectivity index (χ1n) is 8.64. The molecule has 0 aliphatic carbocycles. The maximum absolute atomic E-state index is 13.6. The molecule has 8 nitrogen and oxygen atoms in total. The van der Waals surface area contributed by atoms with Crippen molar-refractivity contribution < 1.29 is 31.9 Å². The van der Waals surface area contributed by atoms with Gasteiger partial charge in [0.1, 0.15) is 11.9 Å². The Morgan fingerprint density at radius 1 is 1.17 bits per heavy atom. The molecule has 156 valence electrons. The molecule has 2 heterocycles. The second-order valence-corrected chi connectivity index (χ2v) is 6.31. The standard InChI is InChI=1S/C17H17F4N5O3/c1-10(16(28)25-6-8-29-9-7-25)22-15(27)13-14(17(19,20)21)26(24-23-13)12-4-2-11(18)3-5-12/h2-5,10H,6-9H2,1H3,(H,22,27). The van der Waals surface area contributed by atoms with Gasteiger partial charge in [-0.3, -0.25) is 9.59 Å². The quantitative estimate of drug-likeness (QED) is 0.763. The Balaban J connectivity index is 1.85. The number of amides is 2. The number of ether oxygens (including phenoxy) is 1. The first-order valence-corrected chi connectivity index (χ1v) is 8.64. The number of aromatic nitrogens is 3. The van der Waals surface area contributed by atoms with Gasteiger partial charge in [-0.1, -0.05) is 5.21 Å². The first kappa shape index (κ1) is 20.7. The predicted molar refractivity (Wildman–Crippen MR) is 90.6 cm³/mol. The fourth-order valence-electron chi connectivity index (χ4n) is 2.84. The van der Waals surface area contributed by atoms with Crippen LogP contribution in [0.5, 0.6) is 0 Å². The molecule has 12 heteroatoms. The molecule has 1 aliphatic rings. The van der Waals surface area contributed by atoms with Crippen LogP contribution < -0.4 is 5.32 Å². The number of halogens is 4. The Morgan fingerprint density at radius 2 is 1.79 bits per heavy atom.